The van der Waals surface area contributed by atoms with Crippen molar-refractivity contribution >= 4 is 12.0 Å². The lowest BCUT2D eigenvalue weighted by atomic mass is 9.93. The van der Waals surface area contributed by atoms with Gasteiger partial charge < -0.3 is 20.8 Å². The molecule has 4 N–H and O–H groups in total. The van der Waals surface area contributed by atoms with Crippen LogP contribution >= 0.6 is 0 Å². The first-order valence-electron chi connectivity index (χ1n) is 6.50. The third kappa shape index (κ3) is 4.91. The van der Waals surface area contributed by atoms with Gasteiger partial charge in [-0.1, -0.05) is 13.3 Å². The molecule has 0 aromatic carbocycles. The number of amides is 2. The molecule has 6 heteroatoms. The Balaban J connectivity index is 2.33. The average Bonchev–Trinajstić information content (AvgIpc) is 2.31. The summed E-state index contributed by atoms with van der Waals surface area (Å²) in [6.45, 7) is 1.87. The van der Waals surface area contributed by atoms with Gasteiger partial charge in [0.2, 0.25) is 0 Å². The van der Waals surface area contributed by atoms with Gasteiger partial charge in [-0.3, -0.25) is 0 Å². The molecule has 0 bridgehead atoms. The maximum absolute atomic E-state index is 11.6. The molecule has 0 saturated heterocycles. The largest absolute Gasteiger partial charge is 0.480 e. The predicted molar refractivity (Wildman–Crippen MR) is 66.3 cm³/mol. The number of urea groups is 1. The molecule has 1 unspecified atom stereocenters. The molecule has 1 aliphatic rings. The molecule has 0 aromatic rings. The van der Waals surface area contributed by atoms with Gasteiger partial charge in [-0.2, -0.15) is 0 Å². The van der Waals surface area contributed by atoms with Crippen LogP contribution in [0.3, 0.4) is 0 Å². The smallest absolute Gasteiger partial charge is 0.326 e. The van der Waals surface area contributed by atoms with E-state index in [0.29, 0.717) is 25.7 Å². The zero-order chi connectivity index (χ0) is 13.5. The van der Waals surface area contributed by atoms with Gasteiger partial charge in [0.05, 0.1) is 6.10 Å². The van der Waals surface area contributed by atoms with E-state index in [2.05, 4.69) is 10.6 Å². The highest BCUT2D eigenvalue weighted by atomic mass is 16.4. The van der Waals surface area contributed by atoms with Gasteiger partial charge in [-0.15, -0.1) is 0 Å². The fraction of sp³-hybridized carbons (Fsp3) is 0.833. The van der Waals surface area contributed by atoms with Crippen LogP contribution < -0.4 is 10.6 Å². The summed E-state index contributed by atoms with van der Waals surface area (Å²) in [7, 11) is 0. The fourth-order valence-electron chi connectivity index (χ4n) is 2.15. The second-order valence-electron chi connectivity index (χ2n) is 4.80. The van der Waals surface area contributed by atoms with Crippen molar-refractivity contribution in [3.05, 3.63) is 0 Å². The molecule has 1 saturated carbocycles. The Labute approximate surface area is 107 Å². The van der Waals surface area contributed by atoms with Gasteiger partial charge in [0.15, 0.2) is 0 Å². The first kappa shape index (κ1) is 14.8. The lowest BCUT2D eigenvalue weighted by Crippen LogP contribution is -2.49. The molecule has 6 nitrogen and oxygen atoms in total. The maximum Gasteiger partial charge on any atom is 0.326 e. The van der Waals surface area contributed by atoms with Crippen molar-refractivity contribution in [2.24, 2.45) is 0 Å². The van der Waals surface area contributed by atoms with E-state index < -0.39 is 18.0 Å². The molecule has 0 radical (unpaired) electrons. The summed E-state index contributed by atoms with van der Waals surface area (Å²) < 4.78 is 0. The Morgan fingerprint density at radius 2 is 1.89 bits per heavy atom. The summed E-state index contributed by atoms with van der Waals surface area (Å²) >= 11 is 0. The number of carbonyl (C=O) groups excluding carboxylic acids is 1. The molecule has 0 aliphatic heterocycles. The van der Waals surface area contributed by atoms with Gasteiger partial charge in [0.1, 0.15) is 6.04 Å². The van der Waals surface area contributed by atoms with E-state index in [9.17, 15) is 14.7 Å². The number of hydrogen-bond acceptors (Lipinski definition) is 3. The van der Waals surface area contributed by atoms with E-state index in [1.54, 1.807) is 0 Å². The molecular formula is C12H22N2O4. The Morgan fingerprint density at radius 1 is 1.28 bits per heavy atom. The Kier molecular flexibility index (Phi) is 5.91. The van der Waals surface area contributed by atoms with Crippen molar-refractivity contribution in [3.8, 4) is 0 Å². The van der Waals surface area contributed by atoms with Crippen molar-refractivity contribution in [2.45, 2.75) is 63.6 Å². The van der Waals surface area contributed by atoms with Gasteiger partial charge in [0.25, 0.3) is 0 Å². The second-order valence-corrected chi connectivity index (χ2v) is 4.80. The van der Waals surface area contributed by atoms with Crippen molar-refractivity contribution < 1.29 is 19.8 Å². The quantitative estimate of drug-likeness (QED) is 0.587. The van der Waals surface area contributed by atoms with Crippen LogP contribution in [0, 0.1) is 0 Å². The lowest BCUT2D eigenvalue weighted by molar-refractivity contribution is -0.139. The minimum atomic E-state index is -1.01. The van der Waals surface area contributed by atoms with Crippen molar-refractivity contribution in [1.29, 1.82) is 0 Å². The van der Waals surface area contributed by atoms with Crippen molar-refractivity contribution in [1.82, 2.24) is 10.6 Å². The number of nitrogens with one attached hydrogen (secondary N) is 2. The molecule has 1 aliphatic carbocycles. The van der Waals surface area contributed by atoms with E-state index in [4.69, 9.17) is 5.11 Å². The summed E-state index contributed by atoms with van der Waals surface area (Å²) in [4.78, 5) is 22.5. The Hall–Kier alpha value is -1.30. The van der Waals surface area contributed by atoms with E-state index in [-0.39, 0.29) is 12.1 Å². The summed E-state index contributed by atoms with van der Waals surface area (Å²) in [5.41, 5.74) is 0. The van der Waals surface area contributed by atoms with Gasteiger partial charge in [-0.25, -0.2) is 9.59 Å². The molecule has 0 spiro atoms. The minimum Gasteiger partial charge on any atom is -0.480 e. The molecular weight excluding hydrogens is 236 g/mol. The molecule has 0 aromatic heterocycles. The third-order valence-corrected chi connectivity index (χ3v) is 3.21. The average molecular weight is 258 g/mol. The van der Waals surface area contributed by atoms with E-state index >= 15 is 0 Å². The van der Waals surface area contributed by atoms with Crippen LogP contribution in [-0.2, 0) is 4.79 Å². The van der Waals surface area contributed by atoms with Gasteiger partial charge >= 0.3 is 12.0 Å². The summed E-state index contributed by atoms with van der Waals surface area (Å²) in [6, 6.07) is -1.23. The van der Waals surface area contributed by atoms with Crippen LogP contribution in [0.2, 0.25) is 0 Å². The van der Waals surface area contributed by atoms with Crippen LogP contribution in [0.15, 0.2) is 0 Å². The number of aliphatic hydroxyl groups excluding tert-OH is 1. The number of hydrogen-bond donors (Lipinski definition) is 4. The summed E-state index contributed by atoms with van der Waals surface area (Å²) in [6.07, 6.45) is 3.70. The molecule has 1 fully saturated rings. The number of aliphatic carboxylic acids is 1. The van der Waals surface area contributed by atoms with E-state index in [0.717, 1.165) is 12.8 Å². The number of carbonyl (C=O) groups is 2. The first-order chi connectivity index (χ1) is 8.52. The number of carboxylic acids is 1. The molecule has 0 heterocycles. The second kappa shape index (κ2) is 7.20. The highest BCUT2D eigenvalue weighted by Gasteiger charge is 2.23. The van der Waals surface area contributed by atoms with Crippen LogP contribution in [0.1, 0.15) is 45.4 Å². The molecule has 1 atom stereocenters. The summed E-state index contributed by atoms with van der Waals surface area (Å²) in [5, 5.41) is 23.5. The lowest BCUT2D eigenvalue weighted by Gasteiger charge is -2.26. The topological polar surface area (TPSA) is 98.7 Å². The number of carboxylic acid groups (broad SMARTS) is 1. The van der Waals surface area contributed by atoms with E-state index in [1.807, 2.05) is 6.92 Å². The molecule has 104 valence electrons. The van der Waals surface area contributed by atoms with Gasteiger partial charge in [-0.05, 0) is 32.1 Å². The van der Waals surface area contributed by atoms with Crippen LogP contribution in [0.4, 0.5) is 4.79 Å². The SMILES string of the molecule is CCCC(NC(=O)NC1CCC(O)CC1)C(=O)O. The molecule has 18 heavy (non-hydrogen) atoms. The van der Waals surface area contributed by atoms with Crippen LogP contribution in [0.25, 0.3) is 0 Å². The minimum absolute atomic E-state index is 0.0319. The number of rotatable bonds is 5. The van der Waals surface area contributed by atoms with Crippen molar-refractivity contribution in [2.75, 3.05) is 0 Å². The van der Waals surface area contributed by atoms with Crippen LogP contribution in [-0.4, -0.2) is 40.4 Å². The third-order valence-electron chi connectivity index (χ3n) is 3.21. The normalized spacial score (nSPS) is 25.2. The Bertz CT molecular complexity index is 288. The molecule has 2 amide bonds. The van der Waals surface area contributed by atoms with Gasteiger partial charge in [0, 0.05) is 6.04 Å². The fourth-order valence-corrected chi connectivity index (χ4v) is 2.15. The highest BCUT2D eigenvalue weighted by molar-refractivity contribution is 5.82. The molecule has 1 rings (SSSR count). The van der Waals surface area contributed by atoms with Crippen LogP contribution in [0.5, 0.6) is 0 Å². The maximum atomic E-state index is 11.6. The van der Waals surface area contributed by atoms with E-state index in [1.165, 1.54) is 0 Å². The number of aliphatic hydroxyl groups is 1. The zero-order valence-electron chi connectivity index (χ0n) is 10.7. The van der Waals surface area contributed by atoms with Crippen molar-refractivity contribution in [3.63, 3.8) is 0 Å². The monoisotopic (exact) mass is 258 g/mol. The highest BCUT2D eigenvalue weighted by Crippen LogP contribution is 2.18. The predicted octanol–water partition coefficient (Wildman–Crippen LogP) is 0.842. The standard InChI is InChI=1S/C12H22N2O4/c1-2-3-10(11(16)17)14-12(18)13-8-4-6-9(15)7-5-8/h8-10,15H,2-7H2,1H3,(H,16,17)(H2,13,14,18). The zero-order valence-corrected chi connectivity index (χ0v) is 10.7. The Morgan fingerprint density at radius 3 is 2.39 bits per heavy atom. The first-order valence-corrected chi connectivity index (χ1v) is 6.50. The summed E-state index contributed by atoms with van der Waals surface area (Å²) in [5.74, 6) is -1.01.